The molecule has 0 bridgehead atoms. The molecule has 0 N–H and O–H groups in total. The van der Waals surface area contributed by atoms with Crippen molar-refractivity contribution in [2.45, 2.75) is 0 Å². The fourth-order valence-electron chi connectivity index (χ4n) is 5.40. The van der Waals surface area contributed by atoms with Gasteiger partial charge in [0, 0.05) is 44.9 Å². The highest BCUT2D eigenvalue weighted by Gasteiger charge is 2.20. The molecule has 0 spiro atoms. The lowest BCUT2D eigenvalue weighted by atomic mass is 10.0. The fourth-order valence-corrected chi connectivity index (χ4v) is 9.12. The Labute approximate surface area is 268 Å². The lowest BCUT2D eigenvalue weighted by Crippen LogP contribution is -1.82. The van der Waals surface area contributed by atoms with Crippen molar-refractivity contribution in [1.82, 2.24) is 0 Å². The molecule has 0 unspecified atom stereocenters. The molecular weight excluding hydrogens is 613 g/mol. The van der Waals surface area contributed by atoms with Gasteiger partial charge in [-0.2, -0.15) is 31.6 Å². The van der Waals surface area contributed by atoms with Gasteiger partial charge < -0.3 is 0 Å². The summed E-state index contributed by atoms with van der Waals surface area (Å²) in [5.74, 6) is 0. The normalized spacial score (nSPS) is 10.5. The molecule has 45 heavy (non-hydrogen) atoms. The lowest BCUT2D eigenvalue weighted by Gasteiger charge is -1.99. The molecule has 3 heterocycles. The van der Waals surface area contributed by atoms with Crippen LogP contribution in [-0.4, -0.2) is 0 Å². The van der Waals surface area contributed by atoms with Crippen LogP contribution in [-0.2, 0) is 0 Å². The van der Waals surface area contributed by atoms with E-state index in [1.807, 2.05) is 0 Å². The van der Waals surface area contributed by atoms with Crippen molar-refractivity contribution in [3.8, 4) is 67.7 Å². The molecule has 0 aliphatic heterocycles. The van der Waals surface area contributed by atoms with E-state index >= 15 is 0 Å². The molecule has 0 aliphatic carbocycles. The minimum absolute atomic E-state index is 0.407. The summed E-state index contributed by atoms with van der Waals surface area (Å²) >= 11 is 4.73. The maximum absolute atomic E-state index is 9.59. The van der Waals surface area contributed by atoms with Gasteiger partial charge in [0.05, 0.1) is 69.8 Å². The van der Waals surface area contributed by atoms with Gasteiger partial charge in [0.1, 0.15) is 0 Å². The number of nitriles is 6. The minimum Gasteiger partial charge on any atom is -0.192 e. The van der Waals surface area contributed by atoms with E-state index in [0.717, 1.165) is 61.6 Å². The van der Waals surface area contributed by atoms with Gasteiger partial charge in [-0.3, -0.25) is 0 Å². The predicted octanol–water partition coefficient (Wildman–Crippen LogP) is 9.56. The number of rotatable bonds is 3. The molecule has 6 nitrogen and oxygen atoms in total. The maximum atomic E-state index is 9.59. The average molecular weight is 625 g/mol. The Bertz CT molecular complexity index is 2190. The zero-order valence-corrected chi connectivity index (χ0v) is 25.3. The molecule has 0 atom stereocenters. The van der Waals surface area contributed by atoms with Crippen molar-refractivity contribution in [2.24, 2.45) is 0 Å². The van der Waals surface area contributed by atoms with Gasteiger partial charge in [-0.05, 0) is 89.5 Å². The number of fused-ring (bicyclic) bond motifs is 6. The van der Waals surface area contributed by atoms with Crippen LogP contribution in [0, 0.1) is 68.0 Å². The standard InChI is InChI=1S/C36H12N6S3/c37-13-19-1-20(14-38)5-25(4-19)31-10-28-34(43-31)29-11-32(26-6-21(15-39)2-22(7-26)16-40)45-36(29)30-12-33(44-35(28)30)27-8-23(17-41)3-24(9-27)18-42/h1-12H. The Balaban J connectivity index is 1.55. The molecule has 0 saturated carbocycles. The van der Waals surface area contributed by atoms with E-state index in [9.17, 15) is 31.6 Å². The third-order valence-corrected chi connectivity index (χ3v) is 11.0. The van der Waals surface area contributed by atoms with Crippen LogP contribution < -0.4 is 0 Å². The van der Waals surface area contributed by atoms with E-state index in [2.05, 4.69) is 54.6 Å². The van der Waals surface area contributed by atoms with E-state index in [1.165, 1.54) is 0 Å². The second-order valence-corrected chi connectivity index (χ2v) is 13.3. The van der Waals surface area contributed by atoms with Crippen LogP contribution in [0.1, 0.15) is 33.4 Å². The van der Waals surface area contributed by atoms with Crippen LogP contribution in [0.2, 0.25) is 0 Å². The summed E-state index contributed by atoms with van der Waals surface area (Å²) in [6.45, 7) is 0. The number of thiophene rings is 3. The van der Waals surface area contributed by atoms with Gasteiger partial charge in [0.2, 0.25) is 0 Å². The topological polar surface area (TPSA) is 143 Å². The third kappa shape index (κ3) is 4.65. The Morgan fingerprint density at radius 1 is 0.311 bits per heavy atom. The van der Waals surface area contributed by atoms with Gasteiger partial charge in [-0.1, -0.05) is 0 Å². The Hall–Kier alpha value is -6.30. The van der Waals surface area contributed by atoms with Crippen LogP contribution in [0.15, 0.2) is 72.8 Å². The third-order valence-electron chi connectivity index (χ3n) is 7.36. The number of benzene rings is 4. The van der Waals surface area contributed by atoms with Crippen LogP contribution in [0.25, 0.3) is 61.6 Å². The second-order valence-electron chi connectivity index (χ2n) is 10.1. The molecule has 0 radical (unpaired) electrons. The number of nitrogens with zero attached hydrogens (tertiary/aromatic N) is 6. The van der Waals surface area contributed by atoms with Gasteiger partial charge in [0.25, 0.3) is 0 Å². The molecule has 7 rings (SSSR count). The zero-order valence-electron chi connectivity index (χ0n) is 22.8. The first-order valence-corrected chi connectivity index (χ1v) is 15.7. The van der Waals surface area contributed by atoms with Crippen molar-refractivity contribution in [3.63, 3.8) is 0 Å². The van der Waals surface area contributed by atoms with E-state index in [-0.39, 0.29) is 0 Å². The largest absolute Gasteiger partial charge is 0.192 e. The SMILES string of the molecule is N#Cc1cc(C#N)cc(-c2cc3c(s2)c2cc(-c4cc(C#N)cc(C#N)c4)sc2c2cc(-c4cc(C#N)cc(C#N)c4)sc32)c1. The summed E-state index contributed by atoms with van der Waals surface area (Å²) in [5, 5.41) is 60.6. The number of hydrogen-bond acceptors (Lipinski definition) is 9. The van der Waals surface area contributed by atoms with E-state index in [1.54, 1.807) is 88.6 Å². The van der Waals surface area contributed by atoms with E-state index < -0.39 is 0 Å². The highest BCUT2D eigenvalue weighted by Crippen LogP contribution is 2.51. The molecule has 0 fully saturated rings. The Morgan fingerprint density at radius 3 is 0.733 bits per heavy atom. The average Bonchev–Trinajstić information content (AvgIpc) is 3.84. The van der Waals surface area contributed by atoms with Gasteiger partial charge >= 0.3 is 0 Å². The van der Waals surface area contributed by atoms with Crippen LogP contribution >= 0.6 is 34.0 Å². The molecule has 204 valence electrons. The van der Waals surface area contributed by atoms with Crippen molar-refractivity contribution in [1.29, 1.82) is 31.6 Å². The van der Waals surface area contributed by atoms with E-state index in [4.69, 9.17) is 0 Å². The zero-order chi connectivity index (χ0) is 31.2. The molecule has 0 aliphatic rings. The first-order valence-electron chi connectivity index (χ1n) is 13.2. The van der Waals surface area contributed by atoms with Crippen molar-refractivity contribution in [2.75, 3.05) is 0 Å². The van der Waals surface area contributed by atoms with Crippen LogP contribution in [0.3, 0.4) is 0 Å². The Kier molecular flexibility index (Phi) is 6.58. The molecule has 0 saturated heterocycles. The molecule has 4 aromatic carbocycles. The first kappa shape index (κ1) is 27.5. The summed E-state index contributed by atoms with van der Waals surface area (Å²) < 4.78 is 3.10. The lowest BCUT2D eigenvalue weighted by molar-refractivity contribution is 1.45. The fraction of sp³-hybridized carbons (Fsp3) is 0. The number of hydrogen-bond donors (Lipinski definition) is 0. The maximum Gasteiger partial charge on any atom is 0.0992 e. The molecule has 0 amide bonds. The molecule has 3 aromatic heterocycles. The van der Waals surface area contributed by atoms with Gasteiger partial charge in [0.15, 0.2) is 0 Å². The Morgan fingerprint density at radius 2 is 0.533 bits per heavy atom. The molecular formula is C36H12N6S3. The molecule has 9 heteroatoms. The minimum atomic E-state index is 0.407. The highest BCUT2D eigenvalue weighted by molar-refractivity contribution is 7.29. The van der Waals surface area contributed by atoms with Crippen molar-refractivity contribution >= 4 is 64.3 Å². The van der Waals surface area contributed by atoms with Crippen molar-refractivity contribution in [3.05, 3.63) is 106 Å². The van der Waals surface area contributed by atoms with Gasteiger partial charge in [-0.15, -0.1) is 34.0 Å². The highest BCUT2D eigenvalue weighted by atomic mass is 32.1. The van der Waals surface area contributed by atoms with Crippen LogP contribution in [0.4, 0.5) is 0 Å². The summed E-state index contributed by atoms with van der Waals surface area (Å²) in [7, 11) is 0. The molecule has 7 aromatic rings. The monoisotopic (exact) mass is 624 g/mol. The van der Waals surface area contributed by atoms with E-state index in [0.29, 0.717) is 33.4 Å². The van der Waals surface area contributed by atoms with Crippen LogP contribution in [0.5, 0.6) is 0 Å². The van der Waals surface area contributed by atoms with Crippen molar-refractivity contribution < 1.29 is 0 Å². The van der Waals surface area contributed by atoms with Gasteiger partial charge in [-0.25, -0.2) is 0 Å². The summed E-state index contributed by atoms with van der Waals surface area (Å²) in [5.41, 5.74) is 4.78. The quantitative estimate of drug-likeness (QED) is 0.191. The summed E-state index contributed by atoms with van der Waals surface area (Å²) in [6.07, 6.45) is 0. The smallest absolute Gasteiger partial charge is 0.0992 e. The summed E-state index contributed by atoms with van der Waals surface area (Å²) in [6, 6.07) is 34.6. The predicted molar refractivity (Wildman–Crippen MR) is 177 cm³/mol. The second kappa shape index (κ2) is 10.8. The first-order chi connectivity index (χ1) is 21.9. The summed E-state index contributed by atoms with van der Waals surface area (Å²) in [4.78, 5) is 2.73.